The third kappa shape index (κ3) is 2.54. The molecule has 2 nitrogen and oxygen atoms in total. The fraction of sp³-hybridized carbons (Fsp3) is 0.188. The molecule has 0 aliphatic carbocycles. The van der Waals surface area contributed by atoms with Gasteiger partial charge in [-0.15, -0.1) is 11.3 Å². The van der Waals surface area contributed by atoms with Crippen molar-refractivity contribution < 1.29 is 13.2 Å². The normalized spacial score (nSPS) is 11.9. The lowest BCUT2D eigenvalue weighted by Gasteiger charge is -2.07. The van der Waals surface area contributed by atoms with Gasteiger partial charge in [-0.3, -0.25) is 0 Å². The van der Waals surface area contributed by atoms with E-state index in [2.05, 4.69) is 5.10 Å². The smallest absolute Gasteiger partial charge is 0.232 e. The van der Waals surface area contributed by atoms with E-state index in [1.165, 1.54) is 16.0 Å². The molecule has 2 aromatic heterocycles. The van der Waals surface area contributed by atoms with Gasteiger partial charge in [0, 0.05) is 0 Å². The minimum Gasteiger partial charge on any atom is -0.232 e. The number of para-hydroxylation sites is 1. The third-order valence-electron chi connectivity index (χ3n) is 3.52. The second-order valence-corrected chi connectivity index (χ2v) is 5.91. The van der Waals surface area contributed by atoms with Crippen LogP contribution in [0.2, 0.25) is 0 Å². The van der Waals surface area contributed by atoms with E-state index in [1.807, 2.05) is 25.3 Å². The fourth-order valence-electron chi connectivity index (χ4n) is 2.20. The summed E-state index contributed by atoms with van der Waals surface area (Å²) < 4.78 is 40.5. The number of aromatic nitrogens is 2. The Morgan fingerprint density at radius 3 is 2.32 bits per heavy atom. The van der Waals surface area contributed by atoms with E-state index >= 15 is 0 Å². The van der Waals surface area contributed by atoms with Crippen molar-refractivity contribution in [1.82, 2.24) is 9.78 Å². The first kappa shape index (κ1) is 14.8. The Hall–Kier alpha value is -2.08. The van der Waals surface area contributed by atoms with E-state index in [9.17, 15) is 13.2 Å². The van der Waals surface area contributed by atoms with Crippen LogP contribution in [0.25, 0.3) is 16.3 Å². The molecule has 0 spiro atoms. The standard InChI is InChI=1S/C16H13F3N2S/c1-10-9-22-15(11(10)2)13-8-14(16(17,18)19)20-21(13)12-6-4-3-5-7-12/h3-9H,1-2H3. The Bertz CT molecular complexity index is 801. The second kappa shape index (κ2) is 5.28. The maximum absolute atomic E-state index is 13.0. The van der Waals surface area contributed by atoms with Gasteiger partial charge in [-0.2, -0.15) is 18.3 Å². The first-order chi connectivity index (χ1) is 10.4. The molecule has 0 atom stereocenters. The number of halogens is 3. The molecule has 114 valence electrons. The zero-order chi connectivity index (χ0) is 15.9. The first-order valence-electron chi connectivity index (χ1n) is 6.65. The zero-order valence-corrected chi connectivity index (χ0v) is 12.8. The lowest BCUT2D eigenvalue weighted by Crippen LogP contribution is -2.07. The summed E-state index contributed by atoms with van der Waals surface area (Å²) in [5, 5.41) is 5.72. The Morgan fingerprint density at radius 2 is 1.77 bits per heavy atom. The maximum atomic E-state index is 13.0. The molecule has 0 saturated heterocycles. The monoisotopic (exact) mass is 322 g/mol. The SMILES string of the molecule is Cc1csc(-c2cc(C(F)(F)F)nn2-c2ccccc2)c1C. The van der Waals surface area contributed by atoms with E-state index in [4.69, 9.17) is 0 Å². The van der Waals surface area contributed by atoms with Gasteiger partial charge in [-0.25, -0.2) is 4.68 Å². The van der Waals surface area contributed by atoms with Crippen LogP contribution in [0.15, 0.2) is 41.8 Å². The van der Waals surface area contributed by atoms with Crippen LogP contribution in [0.1, 0.15) is 16.8 Å². The lowest BCUT2D eigenvalue weighted by molar-refractivity contribution is -0.141. The molecule has 6 heteroatoms. The summed E-state index contributed by atoms with van der Waals surface area (Å²) in [6.45, 7) is 3.86. The summed E-state index contributed by atoms with van der Waals surface area (Å²) in [5.74, 6) is 0. The summed E-state index contributed by atoms with van der Waals surface area (Å²) in [7, 11) is 0. The molecular weight excluding hydrogens is 309 g/mol. The van der Waals surface area contributed by atoms with Gasteiger partial charge in [0.05, 0.1) is 16.3 Å². The highest BCUT2D eigenvalue weighted by molar-refractivity contribution is 7.13. The minimum absolute atomic E-state index is 0.467. The molecule has 3 aromatic rings. The Morgan fingerprint density at radius 1 is 1.09 bits per heavy atom. The summed E-state index contributed by atoms with van der Waals surface area (Å²) in [6.07, 6.45) is -4.46. The van der Waals surface area contributed by atoms with Crippen molar-refractivity contribution in [3.8, 4) is 16.3 Å². The van der Waals surface area contributed by atoms with Crippen molar-refractivity contribution in [2.45, 2.75) is 20.0 Å². The van der Waals surface area contributed by atoms with Crippen molar-refractivity contribution in [2.75, 3.05) is 0 Å². The number of alkyl halides is 3. The van der Waals surface area contributed by atoms with Gasteiger partial charge in [-0.05, 0) is 48.6 Å². The number of hydrogen-bond acceptors (Lipinski definition) is 2. The predicted molar refractivity (Wildman–Crippen MR) is 81.4 cm³/mol. The van der Waals surface area contributed by atoms with Crippen molar-refractivity contribution in [2.24, 2.45) is 0 Å². The molecule has 0 fully saturated rings. The Labute approximate surface area is 129 Å². The lowest BCUT2D eigenvalue weighted by atomic mass is 10.1. The number of aryl methyl sites for hydroxylation is 1. The average molecular weight is 322 g/mol. The van der Waals surface area contributed by atoms with Crippen LogP contribution in [0.4, 0.5) is 13.2 Å². The van der Waals surface area contributed by atoms with Crippen LogP contribution in [-0.4, -0.2) is 9.78 Å². The molecule has 0 unspecified atom stereocenters. The number of hydrogen-bond donors (Lipinski definition) is 0. The predicted octanol–water partition coefficient (Wildman–Crippen LogP) is 5.24. The molecular formula is C16H13F3N2S. The molecule has 0 radical (unpaired) electrons. The highest BCUT2D eigenvalue weighted by atomic mass is 32.1. The summed E-state index contributed by atoms with van der Waals surface area (Å²) in [4.78, 5) is 0.810. The van der Waals surface area contributed by atoms with Gasteiger partial charge in [0.25, 0.3) is 0 Å². The molecule has 0 aliphatic heterocycles. The number of thiophene rings is 1. The quantitative estimate of drug-likeness (QED) is 0.631. The molecule has 0 N–H and O–H groups in total. The van der Waals surface area contributed by atoms with Crippen molar-refractivity contribution in [3.63, 3.8) is 0 Å². The van der Waals surface area contributed by atoms with Gasteiger partial charge in [-0.1, -0.05) is 18.2 Å². The Balaban J connectivity index is 2.24. The van der Waals surface area contributed by atoms with Crippen molar-refractivity contribution in [1.29, 1.82) is 0 Å². The number of rotatable bonds is 2. The average Bonchev–Trinajstić information content (AvgIpc) is 3.05. The molecule has 3 rings (SSSR count). The molecule has 2 heterocycles. The fourth-order valence-corrected chi connectivity index (χ4v) is 3.28. The zero-order valence-electron chi connectivity index (χ0n) is 12.0. The molecule has 0 saturated carbocycles. The minimum atomic E-state index is -4.46. The maximum Gasteiger partial charge on any atom is 0.435 e. The van der Waals surface area contributed by atoms with Crippen LogP contribution < -0.4 is 0 Å². The van der Waals surface area contributed by atoms with E-state index in [0.29, 0.717) is 11.4 Å². The van der Waals surface area contributed by atoms with Crippen LogP contribution in [-0.2, 0) is 6.18 Å². The van der Waals surface area contributed by atoms with Crippen molar-refractivity contribution >= 4 is 11.3 Å². The van der Waals surface area contributed by atoms with E-state index in [-0.39, 0.29) is 0 Å². The van der Waals surface area contributed by atoms with Gasteiger partial charge in [0.15, 0.2) is 5.69 Å². The molecule has 0 aliphatic rings. The second-order valence-electron chi connectivity index (χ2n) is 5.03. The highest BCUT2D eigenvalue weighted by Crippen LogP contribution is 2.37. The molecule has 22 heavy (non-hydrogen) atoms. The van der Waals surface area contributed by atoms with Gasteiger partial charge >= 0.3 is 6.18 Å². The van der Waals surface area contributed by atoms with Gasteiger partial charge in [0.2, 0.25) is 0 Å². The molecule has 1 aromatic carbocycles. The van der Waals surface area contributed by atoms with Crippen LogP contribution in [0, 0.1) is 13.8 Å². The van der Waals surface area contributed by atoms with E-state index in [0.717, 1.165) is 22.1 Å². The van der Waals surface area contributed by atoms with Gasteiger partial charge in [0.1, 0.15) is 0 Å². The third-order valence-corrected chi connectivity index (χ3v) is 4.74. The van der Waals surface area contributed by atoms with Gasteiger partial charge < -0.3 is 0 Å². The first-order valence-corrected chi connectivity index (χ1v) is 7.53. The summed E-state index contributed by atoms with van der Waals surface area (Å²) in [6, 6.07) is 9.98. The van der Waals surface area contributed by atoms with E-state index in [1.54, 1.807) is 24.3 Å². The molecule has 0 bridgehead atoms. The summed E-state index contributed by atoms with van der Waals surface area (Å²) in [5.41, 5.74) is 2.24. The van der Waals surface area contributed by atoms with Crippen LogP contribution >= 0.6 is 11.3 Å². The summed E-state index contributed by atoms with van der Waals surface area (Å²) >= 11 is 1.43. The molecule has 0 amide bonds. The van der Waals surface area contributed by atoms with E-state index < -0.39 is 11.9 Å². The Kier molecular flexibility index (Phi) is 3.56. The highest BCUT2D eigenvalue weighted by Gasteiger charge is 2.35. The van der Waals surface area contributed by atoms with Crippen LogP contribution in [0.5, 0.6) is 0 Å². The van der Waals surface area contributed by atoms with Crippen LogP contribution in [0.3, 0.4) is 0 Å². The number of benzene rings is 1. The largest absolute Gasteiger partial charge is 0.435 e. The van der Waals surface area contributed by atoms with Crippen molar-refractivity contribution in [3.05, 3.63) is 58.6 Å². The topological polar surface area (TPSA) is 17.8 Å². The number of nitrogens with zero attached hydrogens (tertiary/aromatic N) is 2.